The summed E-state index contributed by atoms with van der Waals surface area (Å²) in [5, 5.41) is 3.28. The topological polar surface area (TPSA) is 64.1 Å². The molecule has 0 amide bonds. The van der Waals surface area contributed by atoms with E-state index in [-0.39, 0.29) is 6.04 Å². The maximum atomic E-state index is 12.0. The third-order valence-corrected chi connectivity index (χ3v) is 5.64. The second kappa shape index (κ2) is 6.69. The molecule has 0 radical (unpaired) electrons. The van der Waals surface area contributed by atoms with Gasteiger partial charge in [0.25, 0.3) is 0 Å². The summed E-state index contributed by atoms with van der Waals surface area (Å²) in [5.41, 5.74) is 3.92. The molecule has 2 aromatic rings. The molecular weight excluding hydrogens is 334 g/mol. The van der Waals surface area contributed by atoms with E-state index in [1.165, 1.54) is 12.8 Å². The summed E-state index contributed by atoms with van der Waals surface area (Å²) in [6.45, 7) is 0.737. The van der Waals surface area contributed by atoms with E-state index in [0.717, 1.165) is 39.6 Å². The molecule has 0 spiro atoms. The summed E-state index contributed by atoms with van der Waals surface area (Å²) in [5.74, 6) is 1.50. The maximum Gasteiger partial charge on any atom is 0.127 e. The highest BCUT2D eigenvalue weighted by Gasteiger charge is 2.28. The van der Waals surface area contributed by atoms with Crippen LogP contribution in [0.1, 0.15) is 35.7 Å². The van der Waals surface area contributed by atoms with Gasteiger partial charge in [-0.15, -0.1) is 0 Å². The number of likely N-dealkylation sites (N-methyl/N-ethyl adjacent to an activating group) is 1. The average Bonchev–Trinajstić information content (AvgIpc) is 3.39. The summed E-state index contributed by atoms with van der Waals surface area (Å²) in [4.78, 5) is 9.43. The largest absolute Gasteiger partial charge is 0.493 e. The van der Waals surface area contributed by atoms with Gasteiger partial charge in [0.15, 0.2) is 0 Å². The van der Waals surface area contributed by atoms with E-state index in [1.807, 2.05) is 31.4 Å². The fourth-order valence-electron chi connectivity index (χ4n) is 3.10. The van der Waals surface area contributed by atoms with Crippen LogP contribution >= 0.6 is 0 Å². The lowest BCUT2D eigenvalue weighted by Crippen LogP contribution is -2.12. The molecule has 0 bridgehead atoms. The Labute approximate surface area is 150 Å². The third-order valence-electron chi connectivity index (χ3n) is 4.72. The van der Waals surface area contributed by atoms with Crippen molar-refractivity contribution in [2.75, 3.05) is 19.9 Å². The number of benzene rings is 1. The van der Waals surface area contributed by atoms with Crippen molar-refractivity contribution in [3.05, 3.63) is 53.6 Å². The highest BCUT2D eigenvalue weighted by Crippen LogP contribution is 2.41. The molecule has 1 heterocycles. The predicted octanol–water partition coefficient (Wildman–Crippen LogP) is 2.71. The first-order chi connectivity index (χ1) is 12.2. The number of rotatable bonds is 6. The molecule has 2 unspecified atom stereocenters. The van der Waals surface area contributed by atoms with E-state index in [9.17, 15) is 4.21 Å². The van der Waals surface area contributed by atoms with Crippen LogP contribution in [-0.2, 0) is 10.8 Å². The summed E-state index contributed by atoms with van der Waals surface area (Å²) < 4.78 is 18.1. The van der Waals surface area contributed by atoms with Gasteiger partial charge in [0.1, 0.15) is 12.1 Å². The fraction of sp³-hybridized carbons (Fsp3) is 0.368. The zero-order valence-electron chi connectivity index (χ0n) is 14.4. The molecule has 1 N–H and O–H groups in total. The standard InChI is InChI=1S/C19H21N3O2S/c1-20-17-8-15(19-16(17)9-21-11-22-19)14-7-13(25(2)23)5-6-18(14)24-10-12-3-4-12/h5-9,11-12,17,20H,3-4,10H2,1-2H3. The van der Waals surface area contributed by atoms with Crippen LogP contribution in [0.2, 0.25) is 0 Å². The predicted molar refractivity (Wildman–Crippen MR) is 97.9 cm³/mol. The van der Waals surface area contributed by atoms with Gasteiger partial charge in [-0.25, -0.2) is 9.97 Å². The zero-order chi connectivity index (χ0) is 17.4. The Morgan fingerprint density at radius 2 is 2.20 bits per heavy atom. The molecule has 1 aromatic heterocycles. The molecule has 6 heteroatoms. The second-order valence-corrected chi connectivity index (χ2v) is 7.92. The minimum Gasteiger partial charge on any atom is -0.493 e. The lowest BCUT2D eigenvalue weighted by molar-refractivity contribution is 0.299. The van der Waals surface area contributed by atoms with Gasteiger partial charge < -0.3 is 10.1 Å². The van der Waals surface area contributed by atoms with Crippen molar-refractivity contribution in [2.24, 2.45) is 5.92 Å². The summed E-state index contributed by atoms with van der Waals surface area (Å²) in [6.07, 6.45) is 9.73. The summed E-state index contributed by atoms with van der Waals surface area (Å²) in [7, 11) is 0.872. The first-order valence-corrected chi connectivity index (χ1v) is 10.0. The first-order valence-electron chi connectivity index (χ1n) is 8.47. The molecule has 2 aliphatic rings. The SMILES string of the molecule is CNC1C=C(c2cc(S(C)=O)ccc2OCC2CC2)c2ncncc21. The van der Waals surface area contributed by atoms with Crippen molar-refractivity contribution in [3.8, 4) is 5.75 Å². The Hall–Kier alpha value is -2.05. The number of ether oxygens (including phenoxy) is 1. The maximum absolute atomic E-state index is 12.0. The number of nitrogens with zero attached hydrogens (tertiary/aromatic N) is 2. The van der Waals surface area contributed by atoms with Crippen LogP contribution < -0.4 is 10.1 Å². The van der Waals surface area contributed by atoms with Crippen LogP contribution in [0.25, 0.3) is 5.57 Å². The van der Waals surface area contributed by atoms with E-state index in [0.29, 0.717) is 5.92 Å². The molecule has 2 atom stereocenters. The molecule has 1 fully saturated rings. The molecule has 25 heavy (non-hydrogen) atoms. The van der Waals surface area contributed by atoms with Crippen LogP contribution in [0.3, 0.4) is 0 Å². The number of fused-ring (bicyclic) bond motifs is 1. The minimum absolute atomic E-state index is 0.0678. The molecule has 1 aromatic carbocycles. The smallest absolute Gasteiger partial charge is 0.127 e. The summed E-state index contributed by atoms with van der Waals surface area (Å²) >= 11 is 0. The van der Waals surface area contributed by atoms with Gasteiger partial charge >= 0.3 is 0 Å². The first kappa shape index (κ1) is 16.4. The van der Waals surface area contributed by atoms with E-state index in [1.54, 1.807) is 12.6 Å². The van der Waals surface area contributed by atoms with Crippen LogP contribution in [0.5, 0.6) is 5.75 Å². The van der Waals surface area contributed by atoms with Crippen molar-refractivity contribution in [3.63, 3.8) is 0 Å². The fourth-order valence-corrected chi connectivity index (χ4v) is 3.64. The van der Waals surface area contributed by atoms with E-state index < -0.39 is 10.8 Å². The van der Waals surface area contributed by atoms with Crippen molar-refractivity contribution in [2.45, 2.75) is 23.8 Å². The van der Waals surface area contributed by atoms with Crippen molar-refractivity contribution < 1.29 is 8.95 Å². The number of aromatic nitrogens is 2. The van der Waals surface area contributed by atoms with Gasteiger partial charge in [-0.1, -0.05) is 6.08 Å². The summed E-state index contributed by atoms with van der Waals surface area (Å²) in [6, 6.07) is 5.85. The number of hydrogen-bond donors (Lipinski definition) is 1. The molecule has 2 aliphatic carbocycles. The minimum atomic E-state index is -1.05. The Morgan fingerprint density at radius 1 is 1.36 bits per heavy atom. The normalized spacial score (nSPS) is 20.1. The zero-order valence-corrected chi connectivity index (χ0v) is 15.2. The molecule has 1 saturated carbocycles. The Bertz CT molecular complexity index is 861. The third kappa shape index (κ3) is 3.24. The lowest BCUT2D eigenvalue weighted by Gasteiger charge is -2.14. The molecule has 130 valence electrons. The Balaban J connectivity index is 1.79. The number of nitrogens with one attached hydrogen (secondary N) is 1. The van der Waals surface area contributed by atoms with Crippen LogP contribution in [0.15, 0.2) is 41.7 Å². The monoisotopic (exact) mass is 355 g/mol. The average molecular weight is 355 g/mol. The molecule has 0 saturated heterocycles. The van der Waals surface area contributed by atoms with Crippen LogP contribution in [0, 0.1) is 5.92 Å². The number of hydrogen-bond acceptors (Lipinski definition) is 5. The molecule has 0 aliphatic heterocycles. The van der Waals surface area contributed by atoms with Gasteiger partial charge in [-0.05, 0) is 44.0 Å². The van der Waals surface area contributed by atoms with Gasteiger partial charge in [0, 0.05) is 44.8 Å². The van der Waals surface area contributed by atoms with Crippen LogP contribution in [0.4, 0.5) is 0 Å². The highest BCUT2D eigenvalue weighted by atomic mass is 32.2. The lowest BCUT2D eigenvalue weighted by atomic mass is 10.0. The molecular formula is C19H21N3O2S. The van der Waals surface area contributed by atoms with E-state index in [4.69, 9.17) is 4.74 Å². The van der Waals surface area contributed by atoms with Crippen molar-refractivity contribution >= 4 is 16.4 Å². The van der Waals surface area contributed by atoms with Gasteiger partial charge in [-0.2, -0.15) is 0 Å². The van der Waals surface area contributed by atoms with Gasteiger partial charge in [0.05, 0.1) is 18.3 Å². The van der Waals surface area contributed by atoms with E-state index in [2.05, 4.69) is 21.4 Å². The second-order valence-electron chi connectivity index (χ2n) is 6.54. The highest BCUT2D eigenvalue weighted by molar-refractivity contribution is 7.84. The quantitative estimate of drug-likeness (QED) is 0.863. The van der Waals surface area contributed by atoms with Gasteiger partial charge in [-0.3, -0.25) is 4.21 Å². The van der Waals surface area contributed by atoms with Crippen molar-refractivity contribution in [1.82, 2.24) is 15.3 Å². The Kier molecular flexibility index (Phi) is 4.39. The van der Waals surface area contributed by atoms with Gasteiger partial charge in [0.2, 0.25) is 0 Å². The molecule has 4 rings (SSSR count). The van der Waals surface area contributed by atoms with E-state index >= 15 is 0 Å². The molecule has 5 nitrogen and oxygen atoms in total. The van der Waals surface area contributed by atoms with Crippen LogP contribution in [-0.4, -0.2) is 34.1 Å². The Morgan fingerprint density at radius 3 is 2.92 bits per heavy atom. The van der Waals surface area contributed by atoms with Crippen molar-refractivity contribution in [1.29, 1.82) is 0 Å².